The van der Waals surface area contributed by atoms with Gasteiger partial charge in [0.15, 0.2) is 5.78 Å². The number of aryl methyl sites for hydroxylation is 2. The molecule has 0 saturated carbocycles. The molecule has 2 rings (SSSR count). The van der Waals surface area contributed by atoms with Gasteiger partial charge in [-0.1, -0.05) is 18.2 Å². The summed E-state index contributed by atoms with van der Waals surface area (Å²) in [5.74, 6) is 0.588. The maximum Gasteiger partial charge on any atom is 0.197 e. The molecule has 2 aromatic carbocycles. The molecule has 0 unspecified atom stereocenters. The van der Waals surface area contributed by atoms with Crippen molar-refractivity contribution in [2.24, 2.45) is 0 Å². The molecule has 2 N–H and O–H groups in total. The van der Waals surface area contributed by atoms with Gasteiger partial charge in [-0.25, -0.2) is 0 Å². The lowest BCUT2D eigenvalue weighted by atomic mass is 9.93. The number of nitrogens with two attached hydrogens (primary N) is 1. The number of benzene rings is 2. The topological polar surface area (TPSA) is 52.3 Å². The first-order chi connectivity index (χ1) is 9.45. The summed E-state index contributed by atoms with van der Waals surface area (Å²) in [6, 6.07) is 9.02. The Labute approximate surface area is 119 Å². The number of carbonyl (C=O) groups is 1. The Balaban J connectivity index is 2.63. The second-order valence-electron chi connectivity index (χ2n) is 5.00. The van der Waals surface area contributed by atoms with Crippen LogP contribution in [0.5, 0.6) is 5.75 Å². The molecule has 0 aliphatic rings. The lowest BCUT2D eigenvalue weighted by molar-refractivity contribution is 0.103. The van der Waals surface area contributed by atoms with E-state index < -0.39 is 0 Å². The summed E-state index contributed by atoms with van der Waals surface area (Å²) in [7, 11) is 1.59. The third-order valence-corrected chi connectivity index (χ3v) is 3.57. The van der Waals surface area contributed by atoms with Crippen LogP contribution in [0, 0.1) is 20.8 Å². The molecule has 0 saturated heterocycles. The maximum atomic E-state index is 12.7. The summed E-state index contributed by atoms with van der Waals surface area (Å²) in [4.78, 5) is 12.7. The van der Waals surface area contributed by atoms with Crippen molar-refractivity contribution >= 4 is 11.5 Å². The van der Waals surface area contributed by atoms with Crippen LogP contribution < -0.4 is 10.5 Å². The molecular weight excluding hydrogens is 250 g/mol. The second-order valence-corrected chi connectivity index (χ2v) is 5.00. The molecule has 0 atom stereocenters. The molecule has 0 aliphatic carbocycles. The summed E-state index contributed by atoms with van der Waals surface area (Å²) in [5, 5.41) is 0. The van der Waals surface area contributed by atoms with Crippen molar-refractivity contribution in [1.29, 1.82) is 0 Å². The van der Waals surface area contributed by atoms with Crippen molar-refractivity contribution in [3.8, 4) is 5.75 Å². The summed E-state index contributed by atoms with van der Waals surface area (Å²) >= 11 is 0. The van der Waals surface area contributed by atoms with E-state index in [1.165, 1.54) is 0 Å². The van der Waals surface area contributed by atoms with E-state index in [-0.39, 0.29) is 5.78 Å². The van der Waals surface area contributed by atoms with Gasteiger partial charge >= 0.3 is 0 Å². The van der Waals surface area contributed by atoms with E-state index in [0.717, 1.165) is 16.7 Å². The molecule has 20 heavy (non-hydrogen) atoms. The molecule has 3 heteroatoms. The zero-order chi connectivity index (χ0) is 14.9. The van der Waals surface area contributed by atoms with Gasteiger partial charge in [-0.2, -0.15) is 0 Å². The van der Waals surface area contributed by atoms with E-state index in [1.54, 1.807) is 31.4 Å². The minimum Gasteiger partial charge on any atom is -0.496 e. The Bertz CT molecular complexity index is 675. The zero-order valence-electron chi connectivity index (χ0n) is 12.3. The van der Waals surface area contributed by atoms with Crippen molar-refractivity contribution in [3.05, 3.63) is 58.1 Å². The van der Waals surface area contributed by atoms with Gasteiger partial charge in [0.1, 0.15) is 5.75 Å². The highest BCUT2D eigenvalue weighted by Gasteiger charge is 2.20. The molecule has 0 aromatic heterocycles. The molecule has 0 spiro atoms. The first-order valence-electron chi connectivity index (χ1n) is 6.50. The van der Waals surface area contributed by atoms with Gasteiger partial charge in [0, 0.05) is 11.3 Å². The fraction of sp³-hybridized carbons (Fsp3) is 0.235. The van der Waals surface area contributed by atoms with Crippen molar-refractivity contribution in [2.75, 3.05) is 12.8 Å². The average Bonchev–Trinajstić information content (AvgIpc) is 2.41. The number of methoxy groups -OCH3 is 1. The van der Waals surface area contributed by atoms with E-state index in [9.17, 15) is 4.79 Å². The Morgan fingerprint density at radius 2 is 1.80 bits per heavy atom. The van der Waals surface area contributed by atoms with Gasteiger partial charge in [-0.15, -0.1) is 0 Å². The monoisotopic (exact) mass is 269 g/mol. The predicted octanol–water partition coefficient (Wildman–Crippen LogP) is 3.43. The Morgan fingerprint density at radius 3 is 2.40 bits per heavy atom. The van der Waals surface area contributed by atoms with Crippen LogP contribution in [0.3, 0.4) is 0 Å². The molecule has 0 amide bonds. The minimum absolute atomic E-state index is 0.0604. The van der Waals surface area contributed by atoms with Gasteiger partial charge in [0.2, 0.25) is 0 Å². The van der Waals surface area contributed by atoms with Gasteiger partial charge in [0.05, 0.1) is 12.7 Å². The molecule has 0 fully saturated rings. The molecule has 2 aromatic rings. The van der Waals surface area contributed by atoms with Gasteiger partial charge in [0.25, 0.3) is 0 Å². The number of nitrogen functional groups attached to an aromatic ring is 1. The highest BCUT2D eigenvalue weighted by atomic mass is 16.5. The zero-order valence-corrected chi connectivity index (χ0v) is 12.3. The number of hydrogen-bond donors (Lipinski definition) is 1. The van der Waals surface area contributed by atoms with Crippen LogP contribution in [0.15, 0.2) is 30.3 Å². The summed E-state index contributed by atoms with van der Waals surface area (Å²) in [6.45, 7) is 5.90. The van der Waals surface area contributed by atoms with Crippen LogP contribution in [0.25, 0.3) is 0 Å². The van der Waals surface area contributed by atoms with Crippen molar-refractivity contribution < 1.29 is 9.53 Å². The Kier molecular flexibility index (Phi) is 3.79. The highest BCUT2D eigenvalue weighted by molar-refractivity contribution is 6.12. The van der Waals surface area contributed by atoms with Gasteiger partial charge < -0.3 is 10.5 Å². The Hall–Kier alpha value is -2.29. The first kappa shape index (κ1) is 14.1. The lowest BCUT2D eigenvalue weighted by Crippen LogP contribution is -2.09. The van der Waals surface area contributed by atoms with E-state index in [2.05, 4.69) is 0 Å². The average molecular weight is 269 g/mol. The highest BCUT2D eigenvalue weighted by Crippen LogP contribution is 2.31. The molecule has 0 radical (unpaired) electrons. The smallest absolute Gasteiger partial charge is 0.197 e. The van der Waals surface area contributed by atoms with E-state index in [1.807, 2.05) is 26.8 Å². The fourth-order valence-electron chi connectivity index (χ4n) is 2.41. The van der Waals surface area contributed by atoms with Gasteiger partial charge in [-0.05, 0) is 49.6 Å². The molecule has 104 valence electrons. The third-order valence-electron chi connectivity index (χ3n) is 3.57. The SMILES string of the molecule is COc1c(C)c(C)cc(C)c1C(=O)c1cccc(N)c1. The number of carbonyl (C=O) groups excluding carboxylic acids is 1. The number of ether oxygens (including phenoxy) is 1. The number of rotatable bonds is 3. The summed E-state index contributed by atoms with van der Waals surface area (Å²) in [5.41, 5.74) is 10.5. The van der Waals surface area contributed by atoms with E-state index in [0.29, 0.717) is 22.6 Å². The predicted molar refractivity (Wildman–Crippen MR) is 81.5 cm³/mol. The number of ketones is 1. The largest absolute Gasteiger partial charge is 0.496 e. The fourth-order valence-corrected chi connectivity index (χ4v) is 2.41. The Morgan fingerprint density at radius 1 is 1.10 bits per heavy atom. The number of anilines is 1. The third kappa shape index (κ3) is 2.39. The van der Waals surface area contributed by atoms with Crippen LogP contribution >= 0.6 is 0 Å². The minimum atomic E-state index is -0.0604. The molecular formula is C17H19NO2. The van der Waals surface area contributed by atoms with Gasteiger partial charge in [-0.3, -0.25) is 4.79 Å². The van der Waals surface area contributed by atoms with Crippen LogP contribution in [0.4, 0.5) is 5.69 Å². The molecule has 0 bridgehead atoms. The van der Waals surface area contributed by atoms with Crippen LogP contribution in [-0.4, -0.2) is 12.9 Å². The maximum absolute atomic E-state index is 12.7. The summed E-state index contributed by atoms with van der Waals surface area (Å²) in [6.07, 6.45) is 0. The second kappa shape index (κ2) is 5.37. The van der Waals surface area contributed by atoms with Crippen molar-refractivity contribution in [1.82, 2.24) is 0 Å². The standard InChI is InChI=1S/C17H19NO2/c1-10-8-11(2)15(17(20-4)12(10)3)16(19)13-6-5-7-14(18)9-13/h5-9H,18H2,1-4H3. The van der Waals surface area contributed by atoms with Crippen LogP contribution in [0.2, 0.25) is 0 Å². The number of hydrogen-bond acceptors (Lipinski definition) is 3. The van der Waals surface area contributed by atoms with E-state index in [4.69, 9.17) is 10.5 Å². The van der Waals surface area contributed by atoms with Crippen LogP contribution in [0.1, 0.15) is 32.6 Å². The van der Waals surface area contributed by atoms with Crippen molar-refractivity contribution in [3.63, 3.8) is 0 Å². The van der Waals surface area contributed by atoms with Crippen molar-refractivity contribution in [2.45, 2.75) is 20.8 Å². The quantitative estimate of drug-likeness (QED) is 0.686. The molecule has 0 heterocycles. The molecule has 0 aliphatic heterocycles. The summed E-state index contributed by atoms with van der Waals surface area (Å²) < 4.78 is 5.46. The van der Waals surface area contributed by atoms with E-state index >= 15 is 0 Å². The first-order valence-corrected chi connectivity index (χ1v) is 6.50. The van der Waals surface area contributed by atoms with Crippen LogP contribution in [-0.2, 0) is 0 Å². The lowest BCUT2D eigenvalue weighted by Gasteiger charge is -2.16. The molecule has 3 nitrogen and oxygen atoms in total. The normalized spacial score (nSPS) is 10.4.